The molecule has 9 heteroatoms. The van der Waals surface area contributed by atoms with Gasteiger partial charge in [0, 0.05) is 19.3 Å². The zero-order chi connectivity index (χ0) is 13.8. The lowest BCUT2D eigenvalue weighted by molar-refractivity contribution is -0.0149. The second-order valence-electron chi connectivity index (χ2n) is 4.17. The molecule has 5 atom stereocenters. The third kappa shape index (κ3) is 4.87. The quantitative estimate of drug-likeness (QED) is 0.312. The van der Waals surface area contributed by atoms with E-state index in [0.29, 0.717) is 19.6 Å². The molecular formula is C9H19BNO5PS. The van der Waals surface area contributed by atoms with Crippen molar-refractivity contribution in [2.24, 2.45) is 5.73 Å². The van der Waals surface area contributed by atoms with E-state index >= 15 is 0 Å². The molecule has 0 aromatic rings. The first-order chi connectivity index (χ1) is 8.39. The molecule has 0 bridgehead atoms. The van der Waals surface area contributed by atoms with Crippen LogP contribution < -0.4 is 5.73 Å². The molecule has 0 amide bonds. The maximum absolute atomic E-state index is 9.62. The Kier molecular flexibility index (Phi) is 6.71. The molecule has 2 radical (unpaired) electrons. The van der Waals surface area contributed by atoms with E-state index in [0.717, 1.165) is 0 Å². The third-order valence-electron chi connectivity index (χ3n) is 2.50. The van der Waals surface area contributed by atoms with E-state index in [-0.39, 0.29) is 6.61 Å². The van der Waals surface area contributed by atoms with E-state index in [1.165, 1.54) is 6.66 Å². The van der Waals surface area contributed by atoms with Gasteiger partial charge in [-0.1, -0.05) is 0 Å². The first kappa shape index (κ1) is 16.5. The van der Waals surface area contributed by atoms with Crippen LogP contribution in [0.2, 0.25) is 0 Å². The van der Waals surface area contributed by atoms with Gasteiger partial charge in [0.05, 0.1) is 6.61 Å². The molecule has 18 heavy (non-hydrogen) atoms. The predicted molar refractivity (Wildman–Crippen MR) is 72.2 cm³/mol. The average molecular weight is 295 g/mol. The topological polar surface area (TPSA) is 94.2 Å². The lowest BCUT2D eigenvalue weighted by Crippen LogP contribution is -2.38. The number of aliphatic hydroxyl groups is 1. The molecule has 1 heterocycles. The second kappa shape index (κ2) is 7.31. The molecule has 4 N–H and O–H groups in total. The zero-order valence-corrected chi connectivity index (χ0v) is 12.0. The summed E-state index contributed by atoms with van der Waals surface area (Å²) in [5, 5.41) is 9.20. The van der Waals surface area contributed by atoms with Gasteiger partial charge >= 0.3 is 0 Å². The number of ether oxygens (including phenoxy) is 2. The largest absolute Gasteiger partial charge is 0.394 e. The molecule has 1 saturated heterocycles. The van der Waals surface area contributed by atoms with Crippen molar-refractivity contribution in [1.82, 2.24) is 0 Å². The molecule has 0 saturated carbocycles. The number of aliphatic hydroxyl groups excluding tert-OH is 1. The van der Waals surface area contributed by atoms with Crippen molar-refractivity contribution in [2.75, 3.05) is 26.4 Å². The Hall–Kier alpha value is 0.475. The zero-order valence-electron chi connectivity index (χ0n) is 10.3. The van der Waals surface area contributed by atoms with E-state index in [1.807, 2.05) is 0 Å². The Morgan fingerprint density at radius 3 is 2.67 bits per heavy atom. The minimum absolute atomic E-state index is 0.273. The van der Waals surface area contributed by atoms with Crippen molar-refractivity contribution < 1.29 is 24.0 Å². The van der Waals surface area contributed by atoms with Gasteiger partial charge in [-0.2, -0.15) is 0 Å². The number of hydrogen-bond donors (Lipinski definition) is 3. The van der Waals surface area contributed by atoms with E-state index in [9.17, 15) is 10.00 Å². The summed E-state index contributed by atoms with van der Waals surface area (Å²) in [6.07, 6.45) is -1.19. The van der Waals surface area contributed by atoms with Crippen LogP contribution in [-0.4, -0.2) is 68.6 Å². The Bertz CT molecular complexity index is 305. The lowest BCUT2D eigenvalue weighted by Gasteiger charge is -2.26. The van der Waals surface area contributed by atoms with Crippen LogP contribution in [0.4, 0.5) is 0 Å². The van der Waals surface area contributed by atoms with Gasteiger partial charge in [-0.15, -0.1) is 0 Å². The fourth-order valence-corrected chi connectivity index (χ4v) is 2.75. The average Bonchev–Trinajstić information content (AvgIpc) is 2.54. The van der Waals surface area contributed by atoms with Gasteiger partial charge in [-0.25, -0.2) is 0 Å². The van der Waals surface area contributed by atoms with Crippen molar-refractivity contribution in [3.8, 4) is 0 Å². The SMILES string of the molecule is [B]C1OC(CO)C(OP(C)(O)=S)C1OCCCN. The smallest absolute Gasteiger partial charge is 0.183 e. The summed E-state index contributed by atoms with van der Waals surface area (Å²) >= 11 is 4.84. The number of hydrogen-bond acceptors (Lipinski definition) is 6. The van der Waals surface area contributed by atoms with Gasteiger partial charge in [0.1, 0.15) is 26.2 Å². The molecule has 1 aliphatic heterocycles. The Morgan fingerprint density at radius 1 is 1.50 bits per heavy atom. The van der Waals surface area contributed by atoms with E-state index < -0.39 is 30.8 Å². The van der Waals surface area contributed by atoms with E-state index in [1.54, 1.807) is 0 Å². The molecule has 0 aromatic carbocycles. The summed E-state index contributed by atoms with van der Waals surface area (Å²) in [5.41, 5.74) is 5.37. The van der Waals surface area contributed by atoms with Gasteiger partial charge in [-0.05, 0) is 24.8 Å². The second-order valence-corrected chi connectivity index (χ2v) is 8.02. The van der Waals surface area contributed by atoms with Gasteiger partial charge in [-0.3, -0.25) is 0 Å². The van der Waals surface area contributed by atoms with Crippen LogP contribution in [-0.2, 0) is 25.8 Å². The standard InChI is InChI=1S/C9H19BNO5PS/c1-17(13,18)16-7-6(5-12)15-9(10)8(7)14-4-2-3-11/h6-9,12H,2-5,11H2,1H3,(H,13,18). The van der Waals surface area contributed by atoms with Crippen LogP contribution in [0.5, 0.6) is 0 Å². The van der Waals surface area contributed by atoms with E-state index in [4.69, 9.17) is 39.4 Å². The Labute approximate surface area is 113 Å². The molecule has 0 spiro atoms. The lowest BCUT2D eigenvalue weighted by atomic mass is 9.93. The fraction of sp³-hybridized carbons (Fsp3) is 1.00. The highest BCUT2D eigenvalue weighted by atomic mass is 32.5. The first-order valence-corrected chi connectivity index (χ1v) is 8.83. The Balaban J connectivity index is 2.67. The first-order valence-electron chi connectivity index (χ1n) is 5.71. The van der Waals surface area contributed by atoms with Gasteiger partial charge in [0.15, 0.2) is 6.49 Å². The van der Waals surface area contributed by atoms with E-state index in [2.05, 4.69) is 0 Å². The molecule has 1 aliphatic rings. The van der Waals surface area contributed by atoms with Crippen LogP contribution in [0, 0.1) is 0 Å². The number of nitrogens with two attached hydrogens (primary N) is 1. The molecule has 1 fully saturated rings. The number of rotatable bonds is 7. The van der Waals surface area contributed by atoms with Gasteiger partial charge in [0.25, 0.3) is 0 Å². The van der Waals surface area contributed by atoms with Crippen molar-refractivity contribution in [1.29, 1.82) is 0 Å². The van der Waals surface area contributed by atoms with Crippen molar-refractivity contribution in [2.45, 2.75) is 30.7 Å². The summed E-state index contributed by atoms with van der Waals surface area (Å²) in [5.74, 6) is 0. The summed E-state index contributed by atoms with van der Waals surface area (Å²) in [6.45, 7) is -0.817. The van der Waals surface area contributed by atoms with Crippen LogP contribution in [0.15, 0.2) is 0 Å². The normalized spacial score (nSPS) is 35.6. The maximum atomic E-state index is 9.62. The van der Waals surface area contributed by atoms with Crippen molar-refractivity contribution in [3.63, 3.8) is 0 Å². The molecule has 1 rings (SSSR count). The Morgan fingerprint density at radius 2 is 2.17 bits per heavy atom. The molecule has 0 aromatic heterocycles. The highest BCUT2D eigenvalue weighted by Gasteiger charge is 2.44. The highest BCUT2D eigenvalue weighted by Crippen LogP contribution is 2.43. The minimum atomic E-state index is -2.89. The molecule has 0 aliphatic carbocycles. The summed E-state index contributed by atoms with van der Waals surface area (Å²) in [4.78, 5) is 9.62. The van der Waals surface area contributed by atoms with Crippen LogP contribution in [0.25, 0.3) is 0 Å². The van der Waals surface area contributed by atoms with Crippen LogP contribution in [0.1, 0.15) is 6.42 Å². The fourth-order valence-electron chi connectivity index (χ4n) is 1.75. The molecular weight excluding hydrogens is 276 g/mol. The summed E-state index contributed by atoms with van der Waals surface area (Å²) in [6, 6.07) is -0.716. The minimum Gasteiger partial charge on any atom is -0.394 e. The van der Waals surface area contributed by atoms with Crippen LogP contribution >= 0.6 is 6.49 Å². The third-order valence-corrected chi connectivity index (χ3v) is 3.39. The molecule has 5 unspecified atom stereocenters. The highest BCUT2D eigenvalue weighted by molar-refractivity contribution is 8.09. The summed E-state index contributed by atoms with van der Waals surface area (Å²) < 4.78 is 16.2. The monoisotopic (exact) mass is 295 g/mol. The predicted octanol–water partition coefficient (Wildman–Crippen LogP) is -1.08. The van der Waals surface area contributed by atoms with Crippen LogP contribution in [0.3, 0.4) is 0 Å². The maximum Gasteiger partial charge on any atom is 0.183 e. The van der Waals surface area contributed by atoms with Gasteiger partial charge < -0.3 is 29.7 Å². The molecule has 104 valence electrons. The van der Waals surface area contributed by atoms with Gasteiger partial charge in [0.2, 0.25) is 0 Å². The molecule has 6 nitrogen and oxygen atoms in total. The summed E-state index contributed by atoms with van der Waals surface area (Å²) in [7, 11) is 5.76. The van der Waals surface area contributed by atoms with Crippen molar-refractivity contribution >= 4 is 26.1 Å². The van der Waals surface area contributed by atoms with Crippen molar-refractivity contribution in [3.05, 3.63) is 0 Å².